The van der Waals surface area contributed by atoms with Gasteiger partial charge in [-0.05, 0) is 59.7 Å². The molecule has 7 rings (SSSR count). The molecule has 2 aliphatic rings. The summed E-state index contributed by atoms with van der Waals surface area (Å²) >= 11 is 2.27. The molecule has 0 unspecified atom stereocenters. The second-order valence-corrected chi connectivity index (χ2v) is 12.8. The number of thioether (sulfide) groups is 1. The van der Waals surface area contributed by atoms with E-state index in [9.17, 15) is 19.2 Å². The van der Waals surface area contributed by atoms with Crippen molar-refractivity contribution in [3.05, 3.63) is 111 Å². The van der Waals surface area contributed by atoms with E-state index >= 15 is 0 Å². The molecule has 3 heterocycles. The lowest BCUT2D eigenvalue weighted by molar-refractivity contribution is -0.122. The van der Waals surface area contributed by atoms with E-state index < -0.39 is 17.1 Å². The number of amides is 3. The Bertz CT molecular complexity index is 2010. The summed E-state index contributed by atoms with van der Waals surface area (Å²) in [6, 6.07) is 27.7. The number of carbonyl (C=O) groups is 3. The average Bonchev–Trinajstić information content (AvgIpc) is 3.54. The largest absolute Gasteiger partial charge is 0.490 e. The van der Waals surface area contributed by atoms with Gasteiger partial charge in [0.15, 0.2) is 18.1 Å². The molecule has 1 fully saturated rings. The summed E-state index contributed by atoms with van der Waals surface area (Å²) in [5, 5.41) is 4.85. The van der Waals surface area contributed by atoms with Gasteiger partial charge in [0.1, 0.15) is 5.25 Å². The second kappa shape index (κ2) is 11.9. The number of hydrogen-bond acceptors (Lipinski definition) is 8. The predicted octanol–water partition coefficient (Wildman–Crippen LogP) is 5.80. The minimum Gasteiger partial charge on any atom is -0.490 e. The van der Waals surface area contributed by atoms with Gasteiger partial charge in [0.2, 0.25) is 11.8 Å². The lowest BCUT2D eigenvalue weighted by atomic mass is 9.83. The summed E-state index contributed by atoms with van der Waals surface area (Å²) in [7, 11) is 0. The normalized spacial score (nSPS) is 18.9. The summed E-state index contributed by atoms with van der Waals surface area (Å²) in [6.45, 7) is 1.92. The molecule has 0 aliphatic carbocycles. The molecule has 2 aliphatic heterocycles. The van der Waals surface area contributed by atoms with Gasteiger partial charge >= 0.3 is 4.87 Å². The van der Waals surface area contributed by atoms with Gasteiger partial charge in [-0.25, -0.2) is 4.90 Å². The first kappa shape index (κ1) is 28.9. The molecule has 5 aromatic rings. The number of hydrogen-bond donors (Lipinski definition) is 2. The maximum atomic E-state index is 13.9. The number of aromatic nitrogens is 1. The van der Waals surface area contributed by atoms with Crippen molar-refractivity contribution >= 4 is 63.0 Å². The van der Waals surface area contributed by atoms with Crippen LogP contribution in [0.1, 0.15) is 23.3 Å². The summed E-state index contributed by atoms with van der Waals surface area (Å²) in [4.78, 5) is 57.4. The van der Waals surface area contributed by atoms with Crippen LogP contribution >= 0.6 is 23.1 Å². The van der Waals surface area contributed by atoms with Crippen LogP contribution in [0.4, 0.5) is 11.4 Å². The van der Waals surface area contributed by atoms with Crippen LogP contribution in [0.5, 0.6) is 11.5 Å². The molecule has 1 aromatic heterocycles. The lowest BCUT2D eigenvalue weighted by Crippen LogP contribution is -2.32. The van der Waals surface area contributed by atoms with Gasteiger partial charge in [0.05, 0.1) is 23.2 Å². The van der Waals surface area contributed by atoms with Crippen LogP contribution in [0.2, 0.25) is 0 Å². The first-order chi connectivity index (χ1) is 21.9. The van der Waals surface area contributed by atoms with Crippen molar-refractivity contribution in [3.8, 4) is 11.5 Å². The molecule has 0 radical (unpaired) electrons. The van der Waals surface area contributed by atoms with E-state index in [4.69, 9.17) is 9.47 Å². The van der Waals surface area contributed by atoms with Crippen LogP contribution in [0.15, 0.2) is 101 Å². The van der Waals surface area contributed by atoms with E-state index in [-0.39, 0.29) is 29.2 Å². The fourth-order valence-electron chi connectivity index (χ4n) is 5.92. The molecule has 1 saturated heterocycles. The Balaban J connectivity index is 1.16. The second-order valence-electron chi connectivity index (χ2n) is 10.6. The van der Waals surface area contributed by atoms with Crippen LogP contribution in [0.25, 0.3) is 10.8 Å². The molecule has 45 heavy (non-hydrogen) atoms. The average molecular weight is 638 g/mol. The molecular weight excluding hydrogens is 611 g/mol. The molecule has 226 valence electrons. The molecule has 3 atom stereocenters. The topological polar surface area (TPSA) is 118 Å². The van der Waals surface area contributed by atoms with E-state index in [1.807, 2.05) is 55.5 Å². The fourth-order valence-corrected chi connectivity index (χ4v) is 8.44. The number of rotatable bonds is 8. The smallest absolute Gasteiger partial charge is 0.305 e. The first-order valence-electron chi connectivity index (χ1n) is 14.4. The number of carbonyl (C=O) groups excluding carboxylic acids is 3. The summed E-state index contributed by atoms with van der Waals surface area (Å²) in [6.07, 6.45) is 0. The van der Waals surface area contributed by atoms with Crippen LogP contribution in [0, 0.1) is 5.92 Å². The highest BCUT2D eigenvalue weighted by molar-refractivity contribution is 8.00. The molecule has 4 aromatic carbocycles. The van der Waals surface area contributed by atoms with Crippen molar-refractivity contribution in [1.82, 2.24) is 4.98 Å². The van der Waals surface area contributed by atoms with E-state index in [0.717, 1.165) is 22.1 Å². The molecule has 0 bridgehead atoms. The van der Waals surface area contributed by atoms with Gasteiger partial charge in [0.25, 0.3) is 5.91 Å². The Morgan fingerprint density at radius 2 is 1.64 bits per heavy atom. The number of ether oxygens (including phenoxy) is 2. The van der Waals surface area contributed by atoms with Crippen molar-refractivity contribution in [2.24, 2.45) is 5.92 Å². The predicted molar refractivity (Wildman–Crippen MR) is 175 cm³/mol. The highest BCUT2D eigenvalue weighted by atomic mass is 32.2. The maximum absolute atomic E-state index is 13.9. The van der Waals surface area contributed by atoms with E-state index in [2.05, 4.69) is 10.3 Å². The number of imide groups is 1. The van der Waals surface area contributed by atoms with Crippen molar-refractivity contribution in [1.29, 1.82) is 0 Å². The summed E-state index contributed by atoms with van der Waals surface area (Å²) in [5.74, 6) is -1.50. The van der Waals surface area contributed by atoms with E-state index in [1.54, 1.807) is 42.5 Å². The number of para-hydroxylation sites is 1. The fraction of sp³-hybridized carbons (Fsp3) is 0.176. The Hall–Kier alpha value is -4.87. The third kappa shape index (κ3) is 5.38. The van der Waals surface area contributed by atoms with Gasteiger partial charge in [-0.15, -0.1) is 0 Å². The SMILES string of the molecule is CCOc1cc([C@@H]2c3sc(=O)[nH]c3S[C@H]3C(=O)N(c4ccccc4)C(=O)[C@@H]23)ccc1OCC(=O)Nc1ccc2ccccc2c1. The number of nitrogens with one attached hydrogen (secondary N) is 2. The summed E-state index contributed by atoms with van der Waals surface area (Å²) in [5.41, 5.74) is 1.88. The van der Waals surface area contributed by atoms with Crippen molar-refractivity contribution in [2.75, 3.05) is 23.4 Å². The number of nitrogens with zero attached hydrogens (tertiary/aromatic N) is 1. The maximum Gasteiger partial charge on any atom is 0.305 e. The minimum absolute atomic E-state index is 0.250. The Morgan fingerprint density at radius 1 is 0.867 bits per heavy atom. The number of H-pyrrole nitrogens is 1. The monoisotopic (exact) mass is 637 g/mol. The molecular formula is C34H27N3O6S2. The van der Waals surface area contributed by atoms with Crippen LogP contribution in [-0.4, -0.2) is 41.2 Å². The van der Waals surface area contributed by atoms with Gasteiger partial charge in [-0.1, -0.05) is 77.7 Å². The molecule has 2 N–H and O–H groups in total. The zero-order valence-electron chi connectivity index (χ0n) is 24.0. The van der Waals surface area contributed by atoms with E-state index in [0.29, 0.717) is 44.9 Å². The number of fused-ring (bicyclic) bond motifs is 3. The van der Waals surface area contributed by atoms with Crippen LogP contribution < -0.4 is 24.6 Å². The third-order valence-electron chi connectivity index (χ3n) is 7.86. The zero-order valence-corrected chi connectivity index (χ0v) is 25.7. The van der Waals surface area contributed by atoms with Gasteiger partial charge < -0.3 is 19.8 Å². The van der Waals surface area contributed by atoms with E-state index in [1.165, 1.54) is 16.7 Å². The standard InChI is InChI=1S/C34H27N3O6S2/c1-2-42-25-17-21(13-15-24(25)43-18-26(38)35-22-14-12-19-8-6-7-9-20(19)16-22)27-28-30(44-31-29(27)45-34(41)36-31)33(40)37(32(28)39)23-10-4-3-5-11-23/h3-17,27-28,30H,2,18H2,1H3,(H,35,38)(H,36,41)/t27-,28-,30+/m0/s1. The Morgan fingerprint density at radius 3 is 2.44 bits per heavy atom. The van der Waals surface area contributed by atoms with Crippen LogP contribution in [-0.2, 0) is 14.4 Å². The van der Waals surface area contributed by atoms with Gasteiger partial charge in [0, 0.05) is 16.5 Å². The minimum atomic E-state index is -0.726. The highest BCUT2D eigenvalue weighted by Gasteiger charge is 2.56. The Labute approximate surface area is 266 Å². The molecule has 3 amide bonds. The van der Waals surface area contributed by atoms with Crippen molar-refractivity contribution < 1.29 is 23.9 Å². The number of benzene rings is 4. The summed E-state index contributed by atoms with van der Waals surface area (Å²) < 4.78 is 11.8. The number of thiazole rings is 1. The Kier molecular flexibility index (Phi) is 7.64. The molecule has 9 nitrogen and oxygen atoms in total. The molecule has 0 spiro atoms. The molecule has 0 saturated carbocycles. The lowest BCUT2D eigenvalue weighted by Gasteiger charge is -2.30. The zero-order chi connectivity index (χ0) is 31.1. The first-order valence-corrected chi connectivity index (χ1v) is 16.1. The van der Waals surface area contributed by atoms with Crippen LogP contribution in [0.3, 0.4) is 0 Å². The van der Waals surface area contributed by atoms with Gasteiger partial charge in [-0.3, -0.25) is 19.2 Å². The van der Waals surface area contributed by atoms with Gasteiger partial charge in [-0.2, -0.15) is 0 Å². The third-order valence-corrected chi connectivity index (χ3v) is 10.3. The van der Waals surface area contributed by atoms with Crippen molar-refractivity contribution in [3.63, 3.8) is 0 Å². The number of aromatic amines is 1. The van der Waals surface area contributed by atoms with Crippen molar-refractivity contribution in [2.45, 2.75) is 23.1 Å². The molecule has 11 heteroatoms. The highest BCUT2D eigenvalue weighted by Crippen LogP contribution is 2.53. The quantitative estimate of drug-likeness (QED) is 0.207. The number of anilines is 2.